The van der Waals surface area contributed by atoms with E-state index in [1.807, 2.05) is 31.2 Å². The highest BCUT2D eigenvalue weighted by atomic mass is 16.5. The van der Waals surface area contributed by atoms with Crippen LogP contribution in [0.1, 0.15) is 25.8 Å². The fourth-order valence-electron chi connectivity index (χ4n) is 1.17. The molecule has 0 bridgehead atoms. The minimum absolute atomic E-state index is 0.331. The molecule has 0 aliphatic heterocycles. The molecule has 74 valence electrons. The van der Waals surface area contributed by atoms with E-state index in [0.717, 1.165) is 12.2 Å². The van der Waals surface area contributed by atoms with Crippen molar-refractivity contribution in [2.45, 2.75) is 32.8 Å². The van der Waals surface area contributed by atoms with Crippen molar-refractivity contribution in [2.24, 2.45) is 0 Å². The molecule has 0 aromatic heterocycles. The van der Waals surface area contributed by atoms with Crippen LogP contribution in [0.3, 0.4) is 0 Å². The molecule has 0 spiro atoms. The third-order valence-electron chi connectivity index (χ3n) is 2.12. The highest BCUT2D eigenvalue weighted by Crippen LogP contribution is 2.14. The van der Waals surface area contributed by atoms with E-state index in [2.05, 4.69) is 13.0 Å². The van der Waals surface area contributed by atoms with Crippen molar-refractivity contribution in [3.05, 3.63) is 29.8 Å². The Hall–Kier alpha value is -1.49. The van der Waals surface area contributed by atoms with Crippen molar-refractivity contribution >= 4 is 0 Å². The molecule has 0 saturated carbocycles. The van der Waals surface area contributed by atoms with Crippen molar-refractivity contribution in [2.75, 3.05) is 0 Å². The Balaban J connectivity index is 2.64. The molecule has 0 N–H and O–H groups in total. The summed E-state index contributed by atoms with van der Waals surface area (Å²) >= 11 is 0. The molecule has 0 aliphatic carbocycles. The summed E-state index contributed by atoms with van der Waals surface area (Å²) in [6.45, 7) is 4.05. The predicted octanol–water partition coefficient (Wildman–Crippen LogP) is 2.93. The molecule has 0 radical (unpaired) electrons. The summed E-state index contributed by atoms with van der Waals surface area (Å²) in [5, 5.41) is 8.71. The molecule has 14 heavy (non-hydrogen) atoms. The smallest absolute Gasteiger partial charge is 0.184 e. The fraction of sp³-hybridized carbons (Fsp3) is 0.417. The predicted molar refractivity (Wildman–Crippen MR) is 56.1 cm³/mol. The summed E-state index contributed by atoms with van der Waals surface area (Å²) in [7, 11) is 0. The summed E-state index contributed by atoms with van der Waals surface area (Å²) in [5.41, 5.74) is 1.28. The lowest BCUT2D eigenvalue weighted by Gasteiger charge is -2.10. The second-order valence-corrected chi connectivity index (χ2v) is 3.14. The molecule has 1 aromatic carbocycles. The van der Waals surface area contributed by atoms with Gasteiger partial charge in [-0.3, -0.25) is 0 Å². The lowest BCUT2D eigenvalue weighted by atomic mass is 10.2. The van der Waals surface area contributed by atoms with Gasteiger partial charge in [0.1, 0.15) is 11.8 Å². The van der Waals surface area contributed by atoms with Crippen LogP contribution >= 0.6 is 0 Å². The monoisotopic (exact) mass is 189 g/mol. The molecule has 0 saturated heterocycles. The van der Waals surface area contributed by atoms with Crippen molar-refractivity contribution in [3.63, 3.8) is 0 Å². The summed E-state index contributed by atoms with van der Waals surface area (Å²) in [4.78, 5) is 0. The zero-order valence-corrected chi connectivity index (χ0v) is 8.66. The molecule has 1 rings (SSSR count). The van der Waals surface area contributed by atoms with Crippen LogP contribution in [-0.2, 0) is 6.42 Å². The van der Waals surface area contributed by atoms with Crippen LogP contribution in [0.25, 0.3) is 0 Å². The molecule has 1 atom stereocenters. The summed E-state index contributed by atoms with van der Waals surface area (Å²) in [5.74, 6) is 0.774. The van der Waals surface area contributed by atoms with Crippen LogP contribution in [0, 0.1) is 11.3 Å². The van der Waals surface area contributed by atoms with E-state index in [0.29, 0.717) is 6.42 Å². The molecule has 2 heteroatoms. The van der Waals surface area contributed by atoms with Crippen molar-refractivity contribution in [3.8, 4) is 11.8 Å². The second kappa shape index (κ2) is 5.29. The number of benzene rings is 1. The third-order valence-corrected chi connectivity index (χ3v) is 2.12. The normalized spacial score (nSPS) is 11.8. The van der Waals surface area contributed by atoms with E-state index >= 15 is 0 Å². The standard InChI is InChI=1S/C12H15NO/c1-3-10-5-7-12(8-6-10)14-11(4-2)9-13/h5-8,11H,3-4H2,1-2H3. The van der Waals surface area contributed by atoms with Crippen molar-refractivity contribution in [1.82, 2.24) is 0 Å². The van der Waals surface area contributed by atoms with E-state index in [9.17, 15) is 0 Å². The number of aryl methyl sites for hydroxylation is 1. The topological polar surface area (TPSA) is 33.0 Å². The van der Waals surface area contributed by atoms with E-state index in [1.165, 1.54) is 5.56 Å². The number of nitrogens with zero attached hydrogens (tertiary/aromatic N) is 1. The highest BCUT2D eigenvalue weighted by molar-refractivity contribution is 5.27. The number of ether oxygens (including phenoxy) is 1. The molecule has 0 heterocycles. The van der Waals surface area contributed by atoms with Crippen molar-refractivity contribution in [1.29, 1.82) is 5.26 Å². The maximum absolute atomic E-state index is 8.71. The first-order chi connectivity index (χ1) is 6.80. The van der Waals surface area contributed by atoms with Gasteiger partial charge in [-0.05, 0) is 30.5 Å². The van der Waals surface area contributed by atoms with E-state index in [4.69, 9.17) is 10.00 Å². The van der Waals surface area contributed by atoms with Crippen LogP contribution in [0.4, 0.5) is 0 Å². The number of nitriles is 1. The number of hydrogen-bond donors (Lipinski definition) is 0. The lowest BCUT2D eigenvalue weighted by molar-refractivity contribution is 0.252. The molecular formula is C12H15NO. The van der Waals surface area contributed by atoms with Gasteiger partial charge < -0.3 is 4.74 Å². The molecular weight excluding hydrogens is 174 g/mol. The van der Waals surface area contributed by atoms with Gasteiger partial charge in [-0.1, -0.05) is 26.0 Å². The minimum Gasteiger partial charge on any atom is -0.476 e. The Kier molecular flexibility index (Phi) is 4.00. The Morgan fingerprint density at radius 1 is 1.29 bits per heavy atom. The highest BCUT2D eigenvalue weighted by Gasteiger charge is 2.04. The maximum atomic E-state index is 8.71. The van der Waals surface area contributed by atoms with Gasteiger partial charge in [0.25, 0.3) is 0 Å². The Labute approximate surface area is 85.1 Å². The van der Waals surface area contributed by atoms with Gasteiger partial charge in [0, 0.05) is 0 Å². The average molecular weight is 189 g/mol. The fourth-order valence-corrected chi connectivity index (χ4v) is 1.17. The summed E-state index contributed by atoms with van der Waals surface area (Å²) < 4.78 is 5.45. The van der Waals surface area contributed by atoms with Crippen LogP contribution in [0.15, 0.2) is 24.3 Å². The zero-order valence-electron chi connectivity index (χ0n) is 8.66. The first kappa shape index (κ1) is 10.6. The van der Waals surface area contributed by atoms with Gasteiger partial charge in [-0.25, -0.2) is 0 Å². The van der Waals surface area contributed by atoms with Gasteiger partial charge in [-0.2, -0.15) is 5.26 Å². The van der Waals surface area contributed by atoms with Crippen LogP contribution < -0.4 is 4.74 Å². The second-order valence-electron chi connectivity index (χ2n) is 3.14. The summed E-state index contributed by atoms with van der Waals surface area (Å²) in [6.07, 6.45) is 1.41. The minimum atomic E-state index is -0.331. The summed E-state index contributed by atoms with van der Waals surface area (Å²) in [6, 6.07) is 9.99. The van der Waals surface area contributed by atoms with E-state index in [1.54, 1.807) is 0 Å². The van der Waals surface area contributed by atoms with Crippen molar-refractivity contribution < 1.29 is 4.74 Å². The van der Waals surface area contributed by atoms with Gasteiger partial charge >= 0.3 is 0 Å². The molecule has 0 aliphatic rings. The quantitative estimate of drug-likeness (QED) is 0.729. The molecule has 0 amide bonds. The van der Waals surface area contributed by atoms with Gasteiger partial charge in [0.05, 0.1) is 0 Å². The van der Waals surface area contributed by atoms with Crippen LogP contribution in [0.5, 0.6) is 5.75 Å². The van der Waals surface area contributed by atoms with Gasteiger partial charge in [0.15, 0.2) is 6.10 Å². The van der Waals surface area contributed by atoms with Gasteiger partial charge in [0.2, 0.25) is 0 Å². The Morgan fingerprint density at radius 2 is 1.93 bits per heavy atom. The van der Waals surface area contributed by atoms with Gasteiger partial charge in [-0.15, -0.1) is 0 Å². The SMILES string of the molecule is CCc1ccc(OC(C#N)CC)cc1. The van der Waals surface area contributed by atoms with Crippen LogP contribution in [0.2, 0.25) is 0 Å². The Bertz CT molecular complexity index is 310. The Morgan fingerprint density at radius 3 is 2.36 bits per heavy atom. The molecule has 2 nitrogen and oxygen atoms in total. The average Bonchev–Trinajstić information content (AvgIpc) is 2.26. The number of hydrogen-bond acceptors (Lipinski definition) is 2. The van der Waals surface area contributed by atoms with Crippen LogP contribution in [-0.4, -0.2) is 6.10 Å². The van der Waals surface area contributed by atoms with E-state index in [-0.39, 0.29) is 6.10 Å². The molecule has 1 aromatic rings. The largest absolute Gasteiger partial charge is 0.476 e. The molecule has 0 fully saturated rings. The number of rotatable bonds is 4. The lowest BCUT2D eigenvalue weighted by Crippen LogP contribution is -2.11. The molecule has 1 unspecified atom stereocenters. The zero-order chi connectivity index (χ0) is 10.4. The third kappa shape index (κ3) is 2.77. The maximum Gasteiger partial charge on any atom is 0.184 e. The first-order valence-electron chi connectivity index (χ1n) is 4.95. The first-order valence-corrected chi connectivity index (χ1v) is 4.95. The van der Waals surface area contributed by atoms with E-state index < -0.39 is 0 Å².